The van der Waals surface area contributed by atoms with Crippen molar-refractivity contribution in [2.75, 3.05) is 13.2 Å². The molecule has 0 spiro atoms. The average Bonchev–Trinajstić information content (AvgIpc) is 2.36. The van der Waals surface area contributed by atoms with Gasteiger partial charge in [0.15, 0.2) is 11.5 Å². The van der Waals surface area contributed by atoms with Gasteiger partial charge in [-0.1, -0.05) is 0 Å². The predicted octanol–water partition coefficient (Wildman–Crippen LogP) is 2.32. The second-order valence-electron chi connectivity index (χ2n) is 5.27. The van der Waals surface area contributed by atoms with E-state index in [-0.39, 0.29) is 0 Å². The Morgan fingerprint density at radius 1 is 1.30 bits per heavy atom. The second-order valence-corrected chi connectivity index (χ2v) is 5.27. The average molecular weight is 278 g/mol. The van der Waals surface area contributed by atoms with Crippen LogP contribution in [-0.4, -0.2) is 31.1 Å². The van der Waals surface area contributed by atoms with Crippen molar-refractivity contribution < 1.29 is 19.0 Å². The summed E-state index contributed by atoms with van der Waals surface area (Å²) in [7, 11) is 0. The molecule has 6 heteroatoms. The Morgan fingerprint density at radius 2 is 2.00 bits per heavy atom. The number of nitrogens with zero attached hydrogens (tertiary/aromatic N) is 1. The fourth-order valence-corrected chi connectivity index (χ4v) is 1.60. The molecule has 1 aromatic carbocycles. The number of carbonyl (C=O) groups excluding carboxylic acids is 1. The first kappa shape index (κ1) is 14.2. The van der Waals surface area contributed by atoms with Crippen molar-refractivity contribution in [2.45, 2.75) is 26.4 Å². The molecular weight excluding hydrogens is 260 g/mol. The molecule has 1 aromatic rings. The summed E-state index contributed by atoms with van der Waals surface area (Å²) in [5, 5.41) is 3.83. The van der Waals surface area contributed by atoms with Crippen LogP contribution < -0.4 is 14.9 Å². The summed E-state index contributed by atoms with van der Waals surface area (Å²) in [5.41, 5.74) is 2.56. The Hall–Kier alpha value is -2.24. The highest BCUT2D eigenvalue weighted by Gasteiger charge is 2.15. The van der Waals surface area contributed by atoms with E-state index in [0.717, 1.165) is 5.56 Å². The lowest BCUT2D eigenvalue weighted by Gasteiger charge is -2.18. The summed E-state index contributed by atoms with van der Waals surface area (Å²) in [6.07, 6.45) is 0.925. The first-order valence-electron chi connectivity index (χ1n) is 6.36. The van der Waals surface area contributed by atoms with Crippen LogP contribution >= 0.6 is 0 Å². The van der Waals surface area contributed by atoms with Gasteiger partial charge in [0.05, 0.1) is 6.21 Å². The number of hydrogen-bond acceptors (Lipinski definition) is 5. The molecule has 0 atom stereocenters. The van der Waals surface area contributed by atoms with Gasteiger partial charge in [-0.05, 0) is 44.5 Å². The van der Waals surface area contributed by atoms with Crippen molar-refractivity contribution in [1.29, 1.82) is 0 Å². The highest BCUT2D eigenvalue weighted by molar-refractivity contribution is 5.82. The van der Waals surface area contributed by atoms with E-state index >= 15 is 0 Å². The van der Waals surface area contributed by atoms with Crippen molar-refractivity contribution in [3.63, 3.8) is 0 Å². The molecule has 1 amide bonds. The minimum Gasteiger partial charge on any atom is -0.486 e. The summed E-state index contributed by atoms with van der Waals surface area (Å²) in [6.45, 7) is 6.45. The Morgan fingerprint density at radius 3 is 2.70 bits per heavy atom. The fourth-order valence-electron chi connectivity index (χ4n) is 1.60. The Kier molecular flexibility index (Phi) is 4.12. The number of carbonyl (C=O) groups is 1. The number of rotatable bonds is 2. The third kappa shape index (κ3) is 4.15. The highest BCUT2D eigenvalue weighted by atomic mass is 16.6. The third-order valence-corrected chi connectivity index (χ3v) is 2.33. The van der Waals surface area contributed by atoms with Crippen LogP contribution in [0, 0.1) is 0 Å². The van der Waals surface area contributed by atoms with Crippen LogP contribution in [0.25, 0.3) is 0 Å². The third-order valence-electron chi connectivity index (χ3n) is 2.33. The summed E-state index contributed by atoms with van der Waals surface area (Å²) in [4.78, 5) is 11.4. The van der Waals surface area contributed by atoms with E-state index in [0.29, 0.717) is 24.7 Å². The number of fused-ring (bicyclic) bond motifs is 1. The zero-order chi connectivity index (χ0) is 14.6. The number of hydrazone groups is 1. The summed E-state index contributed by atoms with van der Waals surface area (Å²) in [6, 6.07) is 5.44. The summed E-state index contributed by atoms with van der Waals surface area (Å²) in [5.74, 6) is 1.39. The fraction of sp³-hybridized carbons (Fsp3) is 0.429. The minimum atomic E-state index is -0.591. The first-order valence-corrected chi connectivity index (χ1v) is 6.36. The van der Waals surface area contributed by atoms with Crippen LogP contribution in [0.15, 0.2) is 23.3 Å². The Labute approximate surface area is 117 Å². The zero-order valence-corrected chi connectivity index (χ0v) is 11.8. The quantitative estimate of drug-likeness (QED) is 0.666. The van der Waals surface area contributed by atoms with Crippen LogP contribution in [0.4, 0.5) is 4.79 Å². The van der Waals surface area contributed by atoms with Crippen LogP contribution in [0.1, 0.15) is 26.3 Å². The van der Waals surface area contributed by atoms with E-state index in [1.807, 2.05) is 12.1 Å². The lowest BCUT2D eigenvalue weighted by Crippen LogP contribution is -2.29. The van der Waals surface area contributed by atoms with Gasteiger partial charge >= 0.3 is 6.09 Å². The standard InChI is InChI=1S/C14H18N2O4/c1-14(2,3)20-13(17)16-15-9-10-4-5-11-12(8-10)19-7-6-18-11/h4-5,8-9H,6-7H2,1-3H3,(H,16,17)/b15-9-. The summed E-state index contributed by atoms with van der Waals surface area (Å²) < 4.78 is 15.9. The monoisotopic (exact) mass is 278 g/mol. The van der Waals surface area contributed by atoms with Crippen molar-refractivity contribution in [3.8, 4) is 11.5 Å². The molecule has 0 aliphatic carbocycles. The maximum absolute atomic E-state index is 11.4. The smallest absolute Gasteiger partial charge is 0.428 e. The SMILES string of the molecule is CC(C)(C)OC(=O)N/N=C\c1ccc2c(c1)OCCO2. The van der Waals surface area contributed by atoms with E-state index in [1.54, 1.807) is 26.8 Å². The van der Waals surface area contributed by atoms with Crippen molar-refractivity contribution in [1.82, 2.24) is 5.43 Å². The highest BCUT2D eigenvalue weighted by Crippen LogP contribution is 2.30. The molecule has 0 radical (unpaired) electrons. The maximum Gasteiger partial charge on any atom is 0.428 e. The van der Waals surface area contributed by atoms with Gasteiger partial charge in [0.1, 0.15) is 18.8 Å². The lowest BCUT2D eigenvalue weighted by atomic mass is 10.2. The molecule has 0 fully saturated rings. The molecule has 1 N–H and O–H groups in total. The second kappa shape index (κ2) is 5.81. The molecule has 1 heterocycles. The largest absolute Gasteiger partial charge is 0.486 e. The van der Waals surface area contributed by atoms with Crippen molar-refractivity contribution >= 4 is 12.3 Å². The van der Waals surface area contributed by atoms with Gasteiger partial charge in [-0.25, -0.2) is 10.2 Å². The topological polar surface area (TPSA) is 69.2 Å². The molecular formula is C14H18N2O4. The van der Waals surface area contributed by atoms with Crippen LogP contribution in [-0.2, 0) is 4.74 Å². The summed E-state index contributed by atoms with van der Waals surface area (Å²) >= 11 is 0. The number of hydrogen-bond donors (Lipinski definition) is 1. The van der Waals surface area contributed by atoms with E-state index in [4.69, 9.17) is 14.2 Å². The minimum absolute atomic E-state index is 0.532. The Balaban J connectivity index is 1.93. The van der Waals surface area contributed by atoms with Gasteiger partial charge in [0.25, 0.3) is 0 Å². The molecule has 20 heavy (non-hydrogen) atoms. The van der Waals surface area contributed by atoms with Crippen LogP contribution in [0.2, 0.25) is 0 Å². The zero-order valence-electron chi connectivity index (χ0n) is 11.8. The van der Waals surface area contributed by atoms with Crippen molar-refractivity contribution in [2.24, 2.45) is 5.10 Å². The van der Waals surface area contributed by atoms with E-state index in [2.05, 4.69) is 10.5 Å². The normalized spacial score (nSPS) is 14.2. The number of amides is 1. The van der Waals surface area contributed by atoms with E-state index in [9.17, 15) is 4.79 Å². The van der Waals surface area contributed by atoms with Crippen LogP contribution in [0.3, 0.4) is 0 Å². The number of benzene rings is 1. The van der Waals surface area contributed by atoms with Gasteiger partial charge in [0, 0.05) is 0 Å². The van der Waals surface area contributed by atoms with Gasteiger partial charge in [-0.15, -0.1) is 0 Å². The molecule has 6 nitrogen and oxygen atoms in total. The van der Waals surface area contributed by atoms with Gasteiger partial charge in [-0.2, -0.15) is 5.10 Å². The van der Waals surface area contributed by atoms with Gasteiger partial charge in [-0.3, -0.25) is 0 Å². The van der Waals surface area contributed by atoms with Crippen molar-refractivity contribution in [3.05, 3.63) is 23.8 Å². The first-order chi connectivity index (χ1) is 9.44. The maximum atomic E-state index is 11.4. The molecule has 0 bridgehead atoms. The molecule has 0 aromatic heterocycles. The predicted molar refractivity (Wildman–Crippen MR) is 74.4 cm³/mol. The van der Waals surface area contributed by atoms with Crippen LogP contribution in [0.5, 0.6) is 11.5 Å². The number of ether oxygens (including phenoxy) is 3. The van der Waals surface area contributed by atoms with Gasteiger partial charge in [0.2, 0.25) is 0 Å². The van der Waals surface area contributed by atoms with E-state index < -0.39 is 11.7 Å². The van der Waals surface area contributed by atoms with E-state index in [1.165, 1.54) is 6.21 Å². The molecule has 2 rings (SSSR count). The molecule has 0 unspecified atom stereocenters. The Bertz CT molecular complexity index is 520. The molecule has 0 saturated heterocycles. The molecule has 1 aliphatic heterocycles. The molecule has 108 valence electrons. The lowest BCUT2D eigenvalue weighted by molar-refractivity contribution is 0.0529. The molecule has 1 aliphatic rings. The molecule has 0 saturated carbocycles. The van der Waals surface area contributed by atoms with Gasteiger partial charge < -0.3 is 14.2 Å². The number of nitrogens with one attached hydrogen (secondary N) is 1.